The summed E-state index contributed by atoms with van der Waals surface area (Å²) >= 11 is 1.30. The van der Waals surface area contributed by atoms with Crippen LogP contribution in [0.2, 0.25) is 0 Å². The van der Waals surface area contributed by atoms with Crippen LogP contribution in [0.3, 0.4) is 0 Å². The van der Waals surface area contributed by atoms with Gasteiger partial charge in [-0.15, -0.1) is 10.2 Å². The largest absolute Gasteiger partial charge is 0.483 e. The van der Waals surface area contributed by atoms with Crippen molar-refractivity contribution in [1.82, 2.24) is 25.4 Å². The predicted molar refractivity (Wildman–Crippen MR) is 128 cm³/mol. The number of benzene rings is 2. The fraction of sp³-hybridized carbons (Fsp3) is 0.333. The number of carbonyl (C=O) groups excluding carboxylic acids is 2. The van der Waals surface area contributed by atoms with E-state index in [9.17, 15) is 9.59 Å². The van der Waals surface area contributed by atoms with E-state index < -0.39 is 0 Å². The molecule has 0 aliphatic rings. The summed E-state index contributed by atoms with van der Waals surface area (Å²) in [5.41, 5.74) is 3.02. The zero-order valence-electron chi connectivity index (χ0n) is 19.3. The van der Waals surface area contributed by atoms with Crippen molar-refractivity contribution in [3.8, 4) is 5.75 Å². The van der Waals surface area contributed by atoms with E-state index in [-0.39, 0.29) is 36.8 Å². The first-order valence-electron chi connectivity index (χ1n) is 10.7. The van der Waals surface area contributed by atoms with E-state index in [4.69, 9.17) is 4.74 Å². The van der Waals surface area contributed by atoms with Crippen molar-refractivity contribution in [3.05, 3.63) is 71.0 Å². The molecule has 0 spiro atoms. The molecule has 2 amide bonds. The fourth-order valence-electron chi connectivity index (χ4n) is 3.26. The topological polar surface area (TPSA) is 98.1 Å². The molecule has 3 rings (SSSR count). The third kappa shape index (κ3) is 6.82. The zero-order valence-corrected chi connectivity index (χ0v) is 20.1. The van der Waals surface area contributed by atoms with E-state index in [2.05, 4.69) is 20.8 Å². The molecule has 33 heavy (non-hydrogen) atoms. The molecule has 0 saturated heterocycles. The lowest BCUT2D eigenvalue weighted by Gasteiger charge is -2.14. The summed E-state index contributed by atoms with van der Waals surface area (Å²) in [4.78, 5) is 24.5. The quantitative estimate of drug-likeness (QED) is 0.445. The molecule has 0 aliphatic carbocycles. The van der Waals surface area contributed by atoms with Crippen LogP contribution in [-0.2, 0) is 23.2 Å². The summed E-state index contributed by atoms with van der Waals surface area (Å²) in [6.07, 6.45) is 0. The van der Waals surface area contributed by atoms with Crippen molar-refractivity contribution in [1.29, 1.82) is 0 Å². The van der Waals surface area contributed by atoms with Crippen LogP contribution < -0.4 is 15.4 Å². The molecule has 0 bridgehead atoms. The maximum absolute atomic E-state index is 12.3. The van der Waals surface area contributed by atoms with Crippen molar-refractivity contribution in [2.45, 2.75) is 38.5 Å². The number of nitrogens with one attached hydrogen (secondary N) is 2. The highest BCUT2D eigenvalue weighted by Crippen LogP contribution is 2.22. The third-order valence-electron chi connectivity index (χ3n) is 5.13. The van der Waals surface area contributed by atoms with E-state index in [0.29, 0.717) is 11.0 Å². The number of ether oxygens (including phenoxy) is 1. The van der Waals surface area contributed by atoms with Gasteiger partial charge < -0.3 is 19.9 Å². The van der Waals surface area contributed by atoms with E-state index in [1.807, 2.05) is 76.3 Å². The zero-order chi connectivity index (χ0) is 23.8. The number of hydrogen-bond acceptors (Lipinski definition) is 6. The van der Waals surface area contributed by atoms with Gasteiger partial charge in [0.05, 0.1) is 18.3 Å². The second-order valence-corrected chi connectivity index (χ2v) is 8.68. The first-order chi connectivity index (χ1) is 15.8. The second kappa shape index (κ2) is 11.5. The van der Waals surface area contributed by atoms with Crippen LogP contribution in [0.4, 0.5) is 0 Å². The number of amides is 2. The SMILES string of the molecule is Cc1cccc(C)c1OCC(=O)NCc1nnc(SCC(=O)N[C@H](C)c2ccccc2)n1C. The highest BCUT2D eigenvalue weighted by Gasteiger charge is 2.14. The summed E-state index contributed by atoms with van der Waals surface area (Å²) in [7, 11) is 1.81. The van der Waals surface area contributed by atoms with Gasteiger partial charge in [0.1, 0.15) is 5.75 Å². The molecule has 2 aromatic carbocycles. The van der Waals surface area contributed by atoms with Crippen LogP contribution >= 0.6 is 11.8 Å². The lowest BCUT2D eigenvalue weighted by atomic mass is 10.1. The van der Waals surface area contributed by atoms with Crippen LogP contribution in [0.15, 0.2) is 53.7 Å². The minimum absolute atomic E-state index is 0.0738. The first kappa shape index (κ1) is 24.3. The maximum atomic E-state index is 12.3. The van der Waals surface area contributed by atoms with Crippen LogP contribution in [0, 0.1) is 13.8 Å². The van der Waals surface area contributed by atoms with Crippen LogP contribution in [0.25, 0.3) is 0 Å². The van der Waals surface area contributed by atoms with Gasteiger partial charge in [-0.3, -0.25) is 9.59 Å². The van der Waals surface area contributed by atoms with Crippen molar-refractivity contribution < 1.29 is 14.3 Å². The number of hydrogen-bond donors (Lipinski definition) is 2. The number of nitrogens with zero attached hydrogens (tertiary/aromatic N) is 3. The smallest absolute Gasteiger partial charge is 0.258 e. The summed E-state index contributed by atoms with van der Waals surface area (Å²) in [6, 6.07) is 15.6. The molecule has 1 atom stereocenters. The minimum atomic E-state index is -0.246. The number of aryl methyl sites for hydroxylation is 2. The summed E-state index contributed by atoms with van der Waals surface area (Å²) in [5, 5.41) is 14.6. The Morgan fingerprint density at radius 1 is 1.03 bits per heavy atom. The minimum Gasteiger partial charge on any atom is -0.483 e. The van der Waals surface area contributed by atoms with Gasteiger partial charge in [-0.1, -0.05) is 60.3 Å². The number of thioether (sulfide) groups is 1. The van der Waals surface area contributed by atoms with E-state index in [1.165, 1.54) is 11.8 Å². The van der Waals surface area contributed by atoms with Crippen LogP contribution in [0.1, 0.15) is 35.5 Å². The summed E-state index contributed by atoms with van der Waals surface area (Å²) in [6.45, 7) is 5.98. The molecule has 1 aromatic heterocycles. The van der Waals surface area contributed by atoms with E-state index in [0.717, 1.165) is 22.4 Å². The second-order valence-electron chi connectivity index (χ2n) is 7.73. The molecular formula is C24H29N5O3S. The van der Waals surface area contributed by atoms with Gasteiger partial charge >= 0.3 is 0 Å². The van der Waals surface area contributed by atoms with Crippen LogP contribution in [0.5, 0.6) is 5.75 Å². The molecular weight excluding hydrogens is 438 g/mol. The molecule has 8 nitrogen and oxygen atoms in total. The molecule has 174 valence electrons. The number of para-hydroxylation sites is 1. The Morgan fingerprint density at radius 2 is 1.73 bits per heavy atom. The maximum Gasteiger partial charge on any atom is 0.258 e. The summed E-state index contributed by atoms with van der Waals surface area (Å²) < 4.78 is 7.45. The lowest BCUT2D eigenvalue weighted by molar-refractivity contribution is -0.123. The third-order valence-corrected chi connectivity index (χ3v) is 6.15. The molecule has 9 heteroatoms. The van der Waals surface area contributed by atoms with Gasteiger partial charge in [-0.2, -0.15) is 0 Å². The number of rotatable bonds is 10. The van der Waals surface area contributed by atoms with Crippen molar-refractivity contribution in [3.63, 3.8) is 0 Å². The summed E-state index contributed by atoms with van der Waals surface area (Å²) in [5.74, 6) is 1.21. The van der Waals surface area contributed by atoms with Gasteiger partial charge in [-0.05, 0) is 37.5 Å². The molecule has 2 N–H and O–H groups in total. The fourth-order valence-corrected chi connectivity index (χ4v) is 4.00. The Labute approximate surface area is 198 Å². The van der Waals surface area contributed by atoms with Gasteiger partial charge in [0, 0.05) is 7.05 Å². The lowest BCUT2D eigenvalue weighted by Crippen LogP contribution is -2.29. The standard InChI is InChI=1S/C24H29N5O3S/c1-16-9-8-10-17(2)23(16)32-14-21(30)25-13-20-27-28-24(29(20)4)33-15-22(31)26-18(3)19-11-6-5-7-12-19/h5-12,18H,13-15H2,1-4H3,(H,25,30)(H,26,31)/t18-/m1/s1. The average Bonchev–Trinajstić information content (AvgIpc) is 3.15. The molecule has 0 saturated carbocycles. The monoisotopic (exact) mass is 467 g/mol. The predicted octanol–water partition coefficient (Wildman–Crippen LogP) is 3.10. The Balaban J connectivity index is 1.44. The highest BCUT2D eigenvalue weighted by molar-refractivity contribution is 7.99. The van der Waals surface area contributed by atoms with Gasteiger partial charge in [0.2, 0.25) is 5.91 Å². The molecule has 1 heterocycles. The Bertz CT molecular complexity index is 1080. The first-order valence-corrected chi connectivity index (χ1v) is 11.6. The van der Waals surface area contributed by atoms with Crippen molar-refractivity contribution >= 4 is 23.6 Å². The van der Waals surface area contributed by atoms with Gasteiger partial charge in [-0.25, -0.2) is 0 Å². The number of carbonyl (C=O) groups is 2. The van der Waals surface area contributed by atoms with Crippen molar-refractivity contribution in [2.75, 3.05) is 12.4 Å². The highest BCUT2D eigenvalue weighted by atomic mass is 32.2. The molecule has 0 radical (unpaired) electrons. The average molecular weight is 468 g/mol. The Kier molecular flexibility index (Phi) is 8.48. The van der Waals surface area contributed by atoms with Crippen LogP contribution in [-0.4, -0.2) is 38.9 Å². The Hall–Kier alpha value is -3.33. The van der Waals surface area contributed by atoms with Gasteiger partial charge in [0.25, 0.3) is 5.91 Å². The molecule has 0 unspecified atom stereocenters. The Morgan fingerprint density at radius 3 is 2.42 bits per heavy atom. The molecule has 0 aliphatic heterocycles. The van der Waals surface area contributed by atoms with Crippen molar-refractivity contribution in [2.24, 2.45) is 7.05 Å². The molecule has 0 fully saturated rings. The van der Waals surface area contributed by atoms with E-state index in [1.54, 1.807) is 4.57 Å². The normalized spacial score (nSPS) is 11.6. The molecule has 3 aromatic rings. The number of aromatic nitrogens is 3. The van der Waals surface area contributed by atoms with E-state index >= 15 is 0 Å². The van der Waals surface area contributed by atoms with Gasteiger partial charge in [0.15, 0.2) is 17.6 Å².